The topological polar surface area (TPSA) is 119 Å². The molecule has 3 aromatic rings. The summed E-state index contributed by atoms with van der Waals surface area (Å²) in [6.45, 7) is 5.43. The highest BCUT2D eigenvalue weighted by Crippen LogP contribution is 2.21. The van der Waals surface area contributed by atoms with Crippen LogP contribution >= 0.6 is 0 Å². The van der Waals surface area contributed by atoms with Gasteiger partial charge in [0.15, 0.2) is 0 Å². The largest absolute Gasteiger partial charge is 0.508 e. The SMILES string of the molecule is Cc1c(O)cccc1C(=O)Nc1cnc(Nc2ccc(C(=O)NCCN3CCCC3)cc2)nc1. The molecule has 1 aromatic heterocycles. The molecule has 0 saturated carbocycles. The molecule has 1 aliphatic rings. The average molecular weight is 461 g/mol. The second-order valence-corrected chi connectivity index (χ2v) is 8.21. The molecule has 9 nitrogen and oxygen atoms in total. The summed E-state index contributed by atoms with van der Waals surface area (Å²) < 4.78 is 0. The molecule has 2 aromatic carbocycles. The Balaban J connectivity index is 1.28. The summed E-state index contributed by atoms with van der Waals surface area (Å²) in [5, 5.41) is 18.5. The van der Waals surface area contributed by atoms with Gasteiger partial charge in [-0.1, -0.05) is 6.07 Å². The van der Waals surface area contributed by atoms with Crippen molar-refractivity contribution in [3.8, 4) is 5.75 Å². The van der Waals surface area contributed by atoms with Gasteiger partial charge in [-0.3, -0.25) is 9.59 Å². The fraction of sp³-hybridized carbons (Fsp3) is 0.280. The van der Waals surface area contributed by atoms with Crippen molar-refractivity contribution in [2.45, 2.75) is 19.8 Å². The molecule has 1 saturated heterocycles. The smallest absolute Gasteiger partial charge is 0.256 e. The Morgan fingerprint density at radius 2 is 1.68 bits per heavy atom. The van der Waals surface area contributed by atoms with Crippen LogP contribution in [0.25, 0.3) is 0 Å². The molecular weight excluding hydrogens is 432 g/mol. The predicted molar refractivity (Wildman–Crippen MR) is 131 cm³/mol. The normalized spacial score (nSPS) is 13.4. The quantitative estimate of drug-likeness (QED) is 0.407. The third-order valence-electron chi connectivity index (χ3n) is 5.78. The van der Waals surface area contributed by atoms with Crippen LogP contribution < -0.4 is 16.0 Å². The molecule has 0 bridgehead atoms. The van der Waals surface area contributed by atoms with Crippen molar-refractivity contribution < 1.29 is 14.7 Å². The van der Waals surface area contributed by atoms with Gasteiger partial charge in [0.25, 0.3) is 11.8 Å². The first-order valence-electron chi connectivity index (χ1n) is 11.3. The van der Waals surface area contributed by atoms with Crippen LogP contribution in [0.15, 0.2) is 54.9 Å². The zero-order chi connectivity index (χ0) is 23.9. The van der Waals surface area contributed by atoms with Crippen LogP contribution in [0.3, 0.4) is 0 Å². The molecule has 0 unspecified atom stereocenters. The molecule has 1 fully saturated rings. The highest BCUT2D eigenvalue weighted by molar-refractivity contribution is 6.05. The lowest BCUT2D eigenvalue weighted by Gasteiger charge is -2.14. The summed E-state index contributed by atoms with van der Waals surface area (Å²) in [6.07, 6.45) is 5.46. The number of hydrogen-bond acceptors (Lipinski definition) is 7. The summed E-state index contributed by atoms with van der Waals surface area (Å²) in [6, 6.07) is 11.9. The number of nitrogens with one attached hydrogen (secondary N) is 3. The molecule has 1 aliphatic heterocycles. The number of aromatic nitrogens is 2. The third-order valence-corrected chi connectivity index (χ3v) is 5.78. The molecular formula is C25H28N6O3. The van der Waals surface area contributed by atoms with Crippen molar-refractivity contribution in [3.63, 3.8) is 0 Å². The van der Waals surface area contributed by atoms with E-state index in [1.807, 2.05) is 0 Å². The molecule has 0 spiro atoms. The number of nitrogens with zero attached hydrogens (tertiary/aromatic N) is 3. The van der Waals surface area contributed by atoms with Gasteiger partial charge in [-0.05, 0) is 69.3 Å². The zero-order valence-electron chi connectivity index (χ0n) is 19.0. The summed E-state index contributed by atoms with van der Waals surface area (Å²) in [5.41, 5.74) is 2.64. The highest BCUT2D eigenvalue weighted by atomic mass is 16.3. The lowest BCUT2D eigenvalue weighted by atomic mass is 10.1. The molecule has 4 N–H and O–H groups in total. The molecule has 0 atom stereocenters. The molecule has 2 amide bonds. The fourth-order valence-corrected chi connectivity index (χ4v) is 3.79. The van der Waals surface area contributed by atoms with Crippen LogP contribution in [0.1, 0.15) is 39.1 Å². The van der Waals surface area contributed by atoms with Crippen molar-refractivity contribution in [1.82, 2.24) is 20.2 Å². The van der Waals surface area contributed by atoms with E-state index in [0.29, 0.717) is 34.9 Å². The van der Waals surface area contributed by atoms with Crippen LogP contribution in [-0.4, -0.2) is 58.0 Å². The van der Waals surface area contributed by atoms with E-state index in [4.69, 9.17) is 0 Å². The Bertz CT molecular complexity index is 1140. The fourth-order valence-electron chi connectivity index (χ4n) is 3.79. The number of carbonyl (C=O) groups is 2. The van der Waals surface area contributed by atoms with Gasteiger partial charge in [-0.15, -0.1) is 0 Å². The maximum atomic E-state index is 12.5. The monoisotopic (exact) mass is 460 g/mol. The molecule has 2 heterocycles. The van der Waals surface area contributed by atoms with Gasteiger partial charge < -0.3 is 26.0 Å². The number of phenolic OH excluding ortho intramolecular Hbond substituents is 1. The van der Waals surface area contributed by atoms with Gasteiger partial charge in [0, 0.05) is 35.5 Å². The number of rotatable bonds is 8. The molecule has 34 heavy (non-hydrogen) atoms. The summed E-state index contributed by atoms with van der Waals surface area (Å²) >= 11 is 0. The van der Waals surface area contributed by atoms with Crippen molar-refractivity contribution in [1.29, 1.82) is 0 Å². The van der Waals surface area contributed by atoms with Crippen LogP contribution in [0.4, 0.5) is 17.3 Å². The highest BCUT2D eigenvalue weighted by Gasteiger charge is 2.13. The number of phenols is 1. The first-order valence-corrected chi connectivity index (χ1v) is 11.3. The first-order chi connectivity index (χ1) is 16.5. The number of benzene rings is 2. The maximum Gasteiger partial charge on any atom is 0.256 e. The van der Waals surface area contributed by atoms with Gasteiger partial charge in [0.1, 0.15) is 5.75 Å². The second kappa shape index (κ2) is 10.8. The van der Waals surface area contributed by atoms with Gasteiger partial charge in [-0.2, -0.15) is 0 Å². The minimum absolute atomic E-state index is 0.0639. The van der Waals surface area contributed by atoms with E-state index in [1.165, 1.54) is 31.3 Å². The van der Waals surface area contributed by atoms with Crippen molar-refractivity contribution >= 4 is 29.1 Å². The maximum absolute atomic E-state index is 12.5. The van der Waals surface area contributed by atoms with E-state index in [2.05, 4.69) is 30.8 Å². The number of carbonyl (C=O) groups excluding carboxylic acids is 2. The van der Waals surface area contributed by atoms with E-state index in [0.717, 1.165) is 25.3 Å². The van der Waals surface area contributed by atoms with Crippen molar-refractivity contribution in [2.24, 2.45) is 0 Å². The number of amides is 2. The van der Waals surface area contributed by atoms with Gasteiger partial charge in [-0.25, -0.2) is 9.97 Å². The summed E-state index contributed by atoms with van der Waals surface area (Å²) in [4.78, 5) is 35.6. The number of likely N-dealkylation sites (tertiary alicyclic amines) is 1. The Kier molecular flexibility index (Phi) is 7.34. The molecule has 9 heteroatoms. The van der Waals surface area contributed by atoms with Gasteiger partial charge in [0.05, 0.1) is 18.1 Å². The summed E-state index contributed by atoms with van der Waals surface area (Å²) in [7, 11) is 0. The zero-order valence-corrected chi connectivity index (χ0v) is 19.0. The predicted octanol–water partition coefficient (Wildman–Crippen LogP) is 3.31. The number of aromatic hydroxyl groups is 1. The Morgan fingerprint density at radius 1 is 0.971 bits per heavy atom. The van der Waals surface area contributed by atoms with Crippen molar-refractivity contribution in [2.75, 3.05) is 36.8 Å². The van der Waals surface area contributed by atoms with Crippen LogP contribution in [0, 0.1) is 6.92 Å². The van der Waals surface area contributed by atoms with Gasteiger partial charge in [0.2, 0.25) is 5.95 Å². The van der Waals surface area contributed by atoms with E-state index in [-0.39, 0.29) is 17.6 Å². The number of anilines is 3. The first kappa shape index (κ1) is 23.2. The number of hydrogen-bond donors (Lipinski definition) is 4. The molecule has 176 valence electrons. The average Bonchev–Trinajstić information content (AvgIpc) is 3.36. The van der Waals surface area contributed by atoms with Crippen LogP contribution in [0.5, 0.6) is 5.75 Å². The Hall–Kier alpha value is -3.98. The third kappa shape index (κ3) is 5.87. The van der Waals surface area contributed by atoms with Crippen molar-refractivity contribution in [3.05, 3.63) is 71.5 Å². The molecule has 0 radical (unpaired) electrons. The molecule has 0 aliphatic carbocycles. The van der Waals surface area contributed by atoms with Crippen LogP contribution in [-0.2, 0) is 0 Å². The minimum Gasteiger partial charge on any atom is -0.508 e. The summed E-state index contributed by atoms with van der Waals surface area (Å²) in [5.74, 6) is -0.0283. The Labute approximate surface area is 198 Å². The lowest BCUT2D eigenvalue weighted by Crippen LogP contribution is -2.33. The van der Waals surface area contributed by atoms with Crippen LogP contribution in [0.2, 0.25) is 0 Å². The lowest BCUT2D eigenvalue weighted by molar-refractivity contribution is 0.0949. The Morgan fingerprint density at radius 3 is 2.38 bits per heavy atom. The van der Waals surface area contributed by atoms with Gasteiger partial charge >= 0.3 is 0 Å². The minimum atomic E-state index is -0.355. The van der Waals surface area contributed by atoms with E-state index in [9.17, 15) is 14.7 Å². The second-order valence-electron chi connectivity index (χ2n) is 8.21. The van der Waals surface area contributed by atoms with E-state index in [1.54, 1.807) is 43.3 Å². The van der Waals surface area contributed by atoms with E-state index >= 15 is 0 Å². The van der Waals surface area contributed by atoms with E-state index < -0.39 is 0 Å². The molecule has 4 rings (SSSR count). The standard InChI is InChI=1S/C25H28N6O3/c1-17-21(5-4-6-22(17)32)24(34)29-20-15-27-25(28-16-20)30-19-9-7-18(8-10-19)23(33)26-11-14-31-12-2-3-13-31/h4-10,15-16,32H,2-3,11-14H2,1H3,(H,26,33)(H,29,34)(H,27,28,30).